The van der Waals surface area contributed by atoms with Crippen molar-refractivity contribution in [2.24, 2.45) is 0 Å². The zero-order valence-electron chi connectivity index (χ0n) is 17.9. The Morgan fingerprint density at radius 2 is 2.00 bits per heavy atom. The van der Waals surface area contributed by atoms with Crippen LogP contribution in [0.2, 0.25) is 0 Å². The van der Waals surface area contributed by atoms with Gasteiger partial charge < -0.3 is 19.4 Å². The number of anilines is 1. The van der Waals surface area contributed by atoms with E-state index in [9.17, 15) is 4.79 Å². The van der Waals surface area contributed by atoms with E-state index in [1.165, 1.54) is 23.1 Å². The molecule has 2 heterocycles. The highest BCUT2D eigenvalue weighted by Gasteiger charge is 2.19. The molecule has 0 spiro atoms. The lowest BCUT2D eigenvalue weighted by molar-refractivity contribution is -0.113. The maximum atomic E-state index is 12.5. The van der Waals surface area contributed by atoms with Crippen molar-refractivity contribution in [2.75, 3.05) is 18.2 Å². The van der Waals surface area contributed by atoms with E-state index in [2.05, 4.69) is 20.5 Å². The van der Waals surface area contributed by atoms with Crippen molar-refractivity contribution >= 4 is 44.4 Å². The highest BCUT2D eigenvalue weighted by molar-refractivity contribution is 7.99. The summed E-state index contributed by atoms with van der Waals surface area (Å²) in [4.78, 5) is 17.0. The highest BCUT2D eigenvalue weighted by Crippen LogP contribution is 2.29. The van der Waals surface area contributed by atoms with Crippen molar-refractivity contribution < 1.29 is 14.3 Å². The summed E-state index contributed by atoms with van der Waals surface area (Å²) in [6, 6.07) is 15.2. The van der Waals surface area contributed by atoms with Gasteiger partial charge in [0.1, 0.15) is 11.5 Å². The fourth-order valence-electron chi connectivity index (χ4n) is 3.13. The van der Waals surface area contributed by atoms with Gasteiger partial charge in [0.25, 0.3) is 0 Å². The van der Waals surface area contributed by atoms with Crippen molar-refractivity contribution in [3.05, 3.63) is 54.4 Å². The molecule has 1 unspecified atom stereocenters. The molecule has 0 fully saturated rings. The molecule has 32 heavy (non-hydrogen) atoms. The summed E-state index contributed by atoms with van der Waals surface area (Å²) in [5.41, 5.74) is 0.821. The topological polar surface area (TPSA) is 91.2 Å². The Morgan fingerprint density at radius 3 is 2.75 bits per heavy atom. The van der Waals surface area contributed by atoms with Gasteiger partial charge in [-0.25, -0.2) is 4.98 Å². The molecule has 0 saturated carbocycles. The number of carbonyl (C=O) groups excluding carboxylic acids is 1. The van der Waals surface area contributed by atoms with Crippen molar-refractivity contribution in [1.29, 1.82) is 0 Å². The Labute approximate surface area is 194 Å². The van der Waals surface area contributed by atoms with Crippen LogP contribution in [0.3, 0.4) is 0 Å². The van der Waals surface area contributed by atoms with E-state index < -0.39 is 0 Å². The van der Waals surface area contributed by atoms with Gasteiger partial charge >= 0.3 is 0 Å². The number of methoxy groups -OCH3 is 1. The summed E-state index contributed by atoms with van der Waals surface area (Å²) in [5.74, 6) is 2.30. The Kier molecular flexibility index (Phi) is 6.91. The van der Waals surface area contributed by atoms with Crippen LogP contribution >= 0.6 is 23.1 Å². The van der Waals surface area contributed by atoms with Crippen LogP contribution < -0.4 is 14.8 Å². The fraction of sp³-hybridized carbons (Fsp3) is 0.273. The average Bonchev–Trinajstić information content (AvgIpc) is 3.40. The first-order valence-corrected chi connectivity index (χ1v) is 11.9. The van der Waals surface area contributed by atoms with Crippen molar-refractivity contribution in [2.45, 2.75) is 31.7 Å². The molecule has 0 aliphatic rings. The number of nitrogens with one attached hydrogen (secondary N) is 1. The molecule has 4 aromatic rings. The number of rotatable bonds is 9. The molecule has 0 radical (unpaired) electrons. The van der Waals surface area contributed by atoms with E-state index >= 15 is 0 Å². The zero-order valence-corrected chi connectivity index (χ0v) is 19.6. The number of para-hydroxylation sites is 1. The van der Waals surface area contributed by atoms with Gasteiger partial charge in [-0.2, -0.15) is 0 Å². The standard InChI is InChI=1S/C22H23N5O3S2/c1-4-27-20(14(2)30-15-8-6-5-7-9-15)25-26-22(27)31-13-19(28)24-21-23-17-11-10-16(29-3)12-18(17)32-21/h5-12,14H,4,13H2,1-3H3,(H,23,24,28). The Hall–Kier alpha value is -3.11. The lowest BCUT2D eigenvalue weighted by Gasteiger charge is -2.15. The first-order valence-electron chi connectivity index (χ1n) is 10.1. The Bertz CT molecular complexity index is 1210. The van der Waals surface area contributed by atoms with Crippen LogP contribution in [0.4, 0.5) is 5.13 Å². The zero-order chi connectivity index (χ0) is 22.5. The number of carbonyl (C=O) groups is 1. The number of aromatic nitrogens is 4. The third-order valence-corrected chi connectivity index (χ3v) is 6.56. The maximum absolute atomic E-state index is 12.5. The van der Waals surface area contributed by atoms with E-state index in [0.717, 1.165) is 27.5 Å². The number of benzene rings is 2. The number of ether oxygens (including phenoxy) is 2. The lowest BCUT2D eigenvalue weighted by Crippen LogP contribution is -2.15. The summed E-state index contributed by atoms with van der Waals surface area (Å²) in [7, 11) is 1.62. The molecular weight excluding hydrogens is 446 g/mol. The molecule has 4 rings (SSSR count). The molecule has 1 N–H and O–H groups in total. The van der Waals surface area contributed by atoms with E-state index in [4.69, 9.17) is 9.47 Å². The highest BCUT2D eigenvalue weighted by atomic mass is 32.2. The molecule has 0 bridgehead atoms. The van der Waals surface area contributed by atoms with Crippen LogP contribution in [0.15, 0.2) is 53.7 Å². The lowest BCUT2D eigenvalue weighted by atomic mass is 10.3. The van der Waals surface area contributed by atoms with E-state index in [0.29, 0.717) is 16.8 Å². The molecule has 166 valence electrons. The van der Waals surface area contributed by atoms with Crippen molar-refractivity contribution in [1.82, 2.24) is 19.7 Å². The molecule has 0 aliphatic heterocycles. The number of thioether (sulfide) groups is 1. The Balaban J connectivity index is 1.38. The van der Waals surface area contributed by atoms with Crippen molar-refractivity contribution in [3.63, 3.8) is 0 Å². The quantitative estimate of drug-likeness (QED) is 0.353. The van der Waals surface area contributed by atoms with Crippen LogP contribution in [0.25, 0.3) is 10.2 Å². The van der Waals surface area contributed by atoms with E-state index in [1.54, 1.807) is 7.11 Å². The van der Waals surface area contributed by atoms with Gasteiger partial charge in [-0.3, -0.25) is 4.79 Å². The molecular formula is C22H23N5O3S2. The van der Waals surface area contributed by atoms with Crippen LogP contribution in [-0.4, -0.2) is 38.5 Å². The SMILES string of the molecule is CCn1c(SCC(=O)Nc2nc3ccc(OC)cc3s2)nnc1C(C)Oc1ccccc1. The number of fused-ring (bicyclic) bond motifs is 1. The fourth-order valence-corrected chi connectivity index (χ4v) is 4.85. The number of hydrogen-bond donors (Lipinski definition) is 1. The predicted octanol–water partition coefficient (Wildman–Crippen LogP) is 4.79. The van der Waals surface area contributed by atoms with Gasteiger partial charge in [0.2, 0.25) is 5.91 Å². The number of hydrogen-bond acceptors (Lipinski definition) is 8. The largest absolute Gasteiger partial charge is 0.497 e. The first-order chi connectivity index (χ1) is 15.6. The van der Waals surface area contributed by atoms with Crippen LogP contribution in [-0.2, 0) is 11.3 Å². The van der Waals surface area contributed by atoms with Crippen molar-refractivity contribution in [3.8, 4) is 11.5 Å². The van der Waals surface area contributed by atoms with Gasteiger partial charge in [0.05, 0.1) is 23.1 Å². The molecule has 8 nitrogen and oxygen atoms in total. The smallest absolute Gasteiger partial charge is 0.236 e. The molecule has 10 heteroatoms. The van der Waals surface area contributed by atoms with Gasteiger partial charge in [-0.1, -0.05) is 41.3 Å². The maximum Gasteiger partial charge on any atom is 0.236 e. The average molecular weight is 470 g/mol. The van der Waals surface area contributed by atoms with E-state index in [-0.39, 0.29) is 17.8 Å². The van der Waals surface area contributed by atoms with Crippen LogP contribution in [0.5, 0.6) is 11.5 Å². The molecule has 0 saturated heterocycles. The molecule has 2 aromatic carbocycles. The summed E-state index contributed by atoms with van der Waals surface area (Å²) in [5, 5.41) is 12.7. The summed E-state index contributed by atoms with van der Waals surface area (Å²) >= 11 is 2.75. The van der Waals surface area contributed by atoms with Crippen LogP contribution in [0, 0.1) is 0 Å². The predicted molar refractivity (Wildman–Crippen MR) is 127 cm³/mol. The second-order valence-corrected chi connectivity index (χ2v) is 8.82. The monoisotopic (exact) mass is 469 g/mol. The summed E-state index contributed by atoms with van der Waals surface area (Å²) < 4.78 is 14.1. The molecule has 0 aliphatic carbocycles. The Morgan fingerprint density at radius 1 is 1.19 bits per heavy atom. The van der Waals surface area contributed by atoms with E-state index in [1.807, 2.05) is 66.9 Å². The number of thiazole rings is 1. The number of amides is 1. The molecule has 2 aromatic heterocycles. The third kappa shape index (κ3) is 5.03. The third-order valence-electron chi connectivity index (χ3n) is 4.66. The summed E-state index contributed by atoms with van der Waals surface area (Å²) in [6.45, 7) is 4.63. The second kappa shape index (κ2) is 10.0. The first kappa shape index (κ1) is 22.1. The van der Waals surface area contributed by atoms with Gasteiger partial charge in [-0.05, 0) is 44.2 Å². The summed E-state index contributed by atoms with van der Waals surface area (Å²) in [6.07, 6.45) is -0.271. The molecule has 1 atom stereocenters. The minimum Gasteiger partial charge on any atom is -0.497 e. The minimum atomic E-state index is -0.271. The van der Waals surface area contributed by atoms with Crippen LogP contribution in [0.1, 0.15) is 25.8 Å². The van der Waals surface area contributed by atoms with Gasteiger partial charge in [0, 0.05) is 6.54 Å². The molecule has 1 amide bonds. The normalized spacial score (nSPS) is 12.0. The van der Waals surface area contributed by atoms with Gasteiger partial charge in [0.15, 0.2) is 22.2 Å². The number of nitrogens with zero attached hydrogens (tertiary/aromatic N) is 4. The minimum absolute atomic E-state index is 0.151. The van der Waals surface area contributed by atoms with Gasteiger partial charge in [-0.15, -0.1) is 10.2 Å². The second-order valence-electron chi connectivity index (χ2n) is 6.85.